The van der Waals surface area contributed by atoms with Gasteiger partial charge >= 0.3 is 0 Å². The summed E-state index contributed by atoms with van der Waals surface area (Å²) in [4.78, 5) is 0. The highest BCUT2D eigenvalue weighted by atomic mass is 16.5. The van der Waals surface area contributed by atoms with Crippen molar-refractivity contribution in [2.24, 2.45) is 5.73 Å². The van der Waals surface area contributed by atoms with Gasteiger partial charge in [0, 0.05) is 12.1 Å². The van der Waals surface area contributed by atoms with Gasteiger partial charge in [0.15, 0.2) is 0 Å². The summed E-state index contributed by atoms with van der Waals surface area (Å²) in [6, 6.07) is 0. The molecule has 0 spiro atoms. The molecule has 0 rings (SSSR count). The summed E-state index contributed by atoms with van der Waals surface area (Å²) < 4.78 is 5.59. The van der Waals surface area contributed by atoms with Crippen molar-refractivity contribution < 1.29 is 4.74 Å². The van der Waals surface area contributed by atoms with Gasteiger partial charge in [0.1, 0.15) is 0 Å². The molecule has 0 aromatic heterocycles. The number of nitrogens with two attached hydrogens (primary N) is 1. The van der Waals surface area contributed by atoms with Gasteiger partial charge in [0.05, 0.1) is 5.60 Å². The molecular formula is C10H23NO. The first-order valence-electron chi connectivity index (χ1n) is 4.70. The molecule has 2 heteroatoms. The van der Waals surface area contributed by atoms with E-state index in [-0.39, 0.29) is 11.1 Å². The summed E-state index contributed by atoms with van der Waals surface area (Å²) in [5.41, 5.74) is 5.86. The number of hydrogen-bond donors (Lipinski definition) is 1. The van der Waals surface area contributed by atoms with Crippen molar-refractivity contribution in [1.29, 1.82) is 0 Å². The lowest BCUT2D eigenvalue weighted by Gasteiger charge is -2.26. The van der Waals surface area contributed by atoms with E-state index in [1.165, 1.54) is 0 Å². The first kappa shape index (κ1) is 11.9. The fraction of sp³-hybridized carbons (Fsp3) is 1.00. The summed E-state index contributed by atoms with van der Waals surface area (Å²) in [5.74, 6) is 0. The summed E-state index contributed by atoms with van der Waals surface area (Å²) in [5, 5.41) is 0. The molecule has 0 saturated carbocycles. The minimum absolute atomic E-state index is 0.0379. The van der Waals surface area contributed by atoms with Crippen molar-refractivity contribution in [3.05, 3.63) is 0 Å². The van der Waals surface area contributed by atoms with Gasteiger partial charge in [-0.2, -0.15) is 0 Å². The van der Waals surface area contributed by atoms with E-state index >= 15 is 0 Å². The lowest BCUT2D eigenvalue weighted by molar-refractivity contribution is -0.0105. The Kier molecular flexibility index (Phi) is 4.21. The third-order valence-corrected chi connectivity index (χ3v) is 2.02. The maximum atomic E-state index is 5.97. The Balaban J connectivity index is 3.57. The SMILES string of the molecule is CCC(C)(N)CCOC(C)(C)C. The van der Waals surface area contributed by atoms with Crippen LogP contribution in [-0.2, 0) is 4.74 Å². The van der Waals surface area contributed by atoms with Gasteiger partial charge in [-0.25, -0.2) is 0 Å². The summed E-state index contributed by atoms with van der Waals surface area (Å²) in [7, 11) is 0. The molecule has 0 aromatic carbocycles. The van der Waals surface area contributed by atoms with Crippen LogP contribution in [0.3, 0.4) is 0 Å². The zero-order valence-corrected chi connectivity index (χ0v) is 9.11. The predicted octanol–water partition coefficient (Wildman–Crippen LogP) is 2.32. The highest BCUT2D eigenvalue weighted by Crippen LogP contribution is 2.13. The Morgan fingerprint density at radius 3 is 2.00 bits per heavy atom. The van der Waals surface area contributed by atoms with E-state index in [1.807, 2.05) is 0 Å². The molecule has 12 heavy (non-hydrogen) atoms. The maximum absolute atomic E-state index is 5.97. The van der Waals surface area contributed by atoms with Crippen LogP contribution in [0.15, 0.2) is 0 Å². The van der Waals surface area contributed by atoms with Crippen LogP contribution in [-0.4, -0.2) is 17.7 Å². The van der Waals surface area contributed by atoms with Crippen molar-refractivity contribution in [2.45, 2.75) is 58.6 Å². The normalized spacial score (nSPS) is 17.5. The van der Waals surface area contributed by atoms with Crippen LogP contribution in [0.25, 0.3) is 0 Å². The number of rotatable bonds is 4. The van der Waals surface area contributed by atoms with Crippen molar-refractivity contribution in [2.75, 3.05) is 6.61 Å². The van der Waals surface area contributed by atoms with Gasteiger partial charge < -0.3 is 10.5 Å². The molecule has 0 aromatic rings. The van der Waals surface area contributed by atoms with E-state index in [9.17, 15) is 0 Å². The van der Waals surface area contributed by atoms with E-state index in [2.05, 4.69) is 34.6 Å². The molecule has 0 aliphatic rings. The smallest absolute Gasteiger partial charge is 0.0598 e. The molecule has 0 saturated heterocycles. The topological polar surface area (TPSA) is 35.2 Å². The largest absolute Gasteiger partial charge is 0.376 e. The second-order valence-electron chi connectivity index (χ2n) is 4.72. The monoisotopic (exact) mass is 173 g/mol. The van der Waals surface area contributed by atoms with Crippen molar-refractivity contribution in [3.63, 3.8) is 0 Å². The minimum Gasteiger partial charge on any atom is -0.376 e. The van der Waals surface area contributed by atoms with Crippen LogP contribution >= 0.6 is 0 Å². The number of hydrogen-bond acceptors (Lipinski definition) is 2. The van der Waals surface area contributed by atoms with Gasteiger partial charge in [-0.05, 0) is 40.5 Å². The average molecular weight is 173 g/mol. The zero-order chi connectivity index (χ0) is 9.83. The molecule has 0 bridgehead atoms. The van der Waals surface area contributed by atoms with Crippen LogP contribution in [0.4, 0.5) is 0 Å². The van der Waals surface area contributed by atoms with Crippen molar-refractivity contribution >= 4 is 0 Å². The lowest BCUT2D eigenvalue weighted by Crippen LogP contribution is -2.37. The van der Waals surface area contributed by atoms with Crippen LogP contribution in [0.1, 0.15) is 47.5 Å². The lowest BCUT2D eigenvalue weighted by atomic mass is 9.97. The molecule has 1 unspecified atom stereocenters. The summed E-state index contributed by atoms with van der Waals surface area (Å²) in [6.45, 7) is 11.1. The first-order chi connectivity index (χ1) is 5.27. The summed E-state index contributed by atoms with van der Waals surface area (Å²) in [6.07, 6.45) is 1.93. The van der Waals surface area contributed by atoms with Crippen molar-refractivity contribution in [3.8, 4) is 0 Å². The Labute approximate surface area is 76.5 Å². The number of ether oxygens (including phenoxy) is 1. The minimum atomic E-state index is -0.0642. The fourth-order valence-corrected chi connectivity index (χ4v) is 0.767. The fourth-order valence-electron chi connectivity index (χ4n) is 0.767. The van der Waals surface area contributed by atoms with Gasteiger partial charge in [-0.1, -0.05) is 6.92 Å². The zero-order valence-electron chi connectivity index (χ0n) is 9.11. The second-order valence-corrected chi connectivity index (χ2v) is 4.72. The Hall–Kier alpha value is -0.0800. The van der Waals surface area contributed by atoms with Gasteiger partial charge in [0.25, 0.3) is 0 Å². The molecule has 0 heterocycles. The second kappa shape index (κ2) is 4.24. The van der Waals surface area contributed by atoms with Crippen molar-refractivity contribution in [1.82, 2.24) is 0 Å². The summed E-state index contributed by atoms with van der Waals surface area (Å²) >= 11 is 0. The third kappa shape index (κ3) is 6.62. The van der Waals surface area contributed by atoms with Crippen LogP contribution in [0.2, 0.25) is 0 Å². The van der Waals surface area contributed by atoms with E-state index in [4.69, 9.17) is 10.5 Å². The van der Waals surface area contributed by atoms with E-state index in [0.717, 1.165) is 19.4 Å². The highest BCUT2D eigenvalue weighted by molar-refractivity contribution is 4.76. The molecule has 0 radical (unpaired) electrons. The van der Waals surface area contributed by atoms with E-state index in [1.54, 1.807) is 0 Å². The first-order valence-corrected chi connectivity index (χ1v) is 4.70. The van der Waals surface area contributed by atoms with Crippen LogP contribution < -0.4 is 5.73 Å². The quantitative estimate of drug-likeness (QED) is 0.708. The molecule has 74 valence electrons. The predicted molar refractivity (Wildman–Crippen MR) is 53.2 cm³/mol. The van der Waals surface area contributed by atoms with Crippen LogP contribution in [0.5, 0.6) is 0 Å². The molecule has 2 N–H and O–H groups in total. The Morgan fingerprint density at radius 1 is 1.17 bits per heavy atom. The van der Waals surface area contributed by atoms with Crippen LogP contribution in [0, 0.1) is 0 Å². The standard InChI is InChI=1S/C10H23NO/c1-6-10(5,11)7-8-12-9(2,3)4/h6-8,11H2,1-5H3. The molecule has 1 atom stereocenters. The Morgan fingerprint density at radius 2 is 1.67 bits per heavy atom. The average Bonchev–Trinajstić information content (AvgIpc) is 1.84. The third-order valence-electron chi connectivity index (χ3n) is 2.02. The Bertz CT molecular complexity index is 124. The molecular weight excluding hydrogens is 150 g/mol. The highest BCUT2D eigenvalue weighted by Gasteiger charge is 2.17. The van der Waals surface area contributed by atoms with E-state index in [0.29, 0.717) is 0 Å². The molecule has 0 aliphatic heterocycles. The molecule has 2 nitrogen and oxygen atoms in total. The van der Waals surface area contributed by atoms with E-state index < -0.39 is 0 Å². The van der Waals surface area contributed by atoms with Gasteiger partial charge in [-0.3, -0.25) is 0 Å². The molecule has 0 fully saturated rings. The van der Waals surface area contributed by atoms with Gasteiger partial charge in [0.2, 0.25) is 0 Å². The molecule has 0 amide bonds. The molecule has 0 aliphatic carbocycles. The maximum Gasteiger partial charge on any atom is 0.0598 e. The van der Waals surface area contributed by atoms with Gasteiger partial charge in [-0.15, -0.1) is 0 Å².